The van der Waals surface area contributed by atoms with Gasteiger partial charge in [0.25, 0.3) is 20.2 Å². The quantitative estimate of drug-likeness (QED) is 0.806. The topological polar surface area (TPSA) is 109 Å². The van der Waals surface area contributed by atoms with Crippen molar-refractivity contribution < 1.29 is 25.9 Å². The van der Waals surface area contributed by atoms with E-state index in [-0.39, 0.29) is 15.4 Å². The zero-order valence-electron chi connectivity index (χ0n) is 8.81. The van der Waals surface area contributed by atoms with E-state index in [2.05, 4.69) is 0 Å². The fourth-order valence-electron chi connectivity index (χ4n) is 1.54. The van der Waals surface area contributed by atoms with Crippen LogP contribution in [-0.2, 0) is 20.2 Å². The maximum atomic E-state index is 11.0. The SMILES string of the molecule is O=S(=O)(O)c1cccc2cc(S(=O)(=O)O)cc-2c1. The Bertz CT molecular complexity index is 776. The molecule has 0 amide bonds. The second-order valence-electron chi connectivity index (χ2n) is 3.62. The maximum Gasteiger partial charge on any atom is 0.294 e. The Hall–Kier alpha value is -1.48. The smallest absolute Gasteiger partial charge is 0.282 e. The van der Waals surface area contributed by atoms with Crippen LogP contribution >= 0.6 is 0 Å². The molecule has 0 bridgehead atoms. The van der Waals surface area contributed by atoms with Crippen LogP contribution in [0.4, 0.5) is 0 Å². The van der Waals surface area contributed by atoms with Crippen LogP contribution in [-0.4, -0.2) is 25.9 Å². The second-order valence-corrected chi connectivity index (χ2v) is 6.47. The van der Waals surface area contributed by atoms with Crippen molar-refractivity contribution in [3.8, 4) is 11.1 Å². The molecular formula is C10H8O6S2. The van der Waals surface area contributed by atoms with Crippen LogP contribution in [0.15, 0.2) is 46.2 Å². The van der Waals surface area contributed by atoms with Crippen molar-refractivity contribution in [1.29, 1.82) is 0 Å². The number of rotatable bonds is 2. The lowest BCUT2D eigenvalue weighted by Gasteiger charge is -1.93. The van der Waals surface area contributed by atoms with Gasteiger partial charge >= 0.3 is 0 Å². The Morgan fingerprint density at radius 1 is 0.722 bits per heavy atom. The molecule has 0 aliphatic heterocycles. The summed E-state index contributed by atoms with van der Waals surface area (Å²) in [6.07, 6.45) is 0. The lowest BCUT2D eigenvalue weighted by molar-refractivity contribution is 0.481. The Kier molecular flexibility index (Phi) is 2.90. The van der Waals surface area contributed by atoms with Gasteiger partial charge in [-0.15, -0.1) is 0 Å². The van der Waals surface area contributed by atoms with Crippen LogP contribution < -0.4 is 0 Å². The highest BCUT2D eigenvalue weighted by molar-refractivity contribution is 7.86. The zero-order chi connectivity index (χ0) is 13.6. The molecule has 96 valence electrons. The number of hydrogen-bond acceptors (Lipinski definition) is 4. The van der Waals surface area contributed by atoms with E-state index in [0.29, 0.717) is 5.56 Å². The van der Waals surface area contributed by atoms with Crippen LogP contribution in [0.3, 0.4) is 0 Å². The molecule has 0 fully saturated rings. The maximum absolute atomic E-state index is 11.0. The van der Waals surface area contributed by atoms with Gasteiger partial charge in [0.05, 0.1) is 9.79 Å². The molecule has 0 saturated heterocycles. The minimum atomic E-state index is -4.38. The van der Waals surface area contributed by atoms with E-state index in [9.17, 15) is 16.8 Å². The fraction of sp³-hybridized carbons (Fsp3) is 0. The van der Waals surface area contributed by atoms with Gasteiger partial charge in [0.1, 0.15) is 0 Å². The van der Waals surface area contributed by atoms with Gasteiger partial charge in [0.15, 0.2) is 0 Å². The average molecular weight is 288 g/mol. The van der Waals surface area contributed by atoms with E-state index >= 15 is 0 Å². The van der Waals surface area contributed by atoms with E-state index in [4.69, 9.17) is 9.11 Å². The summed E-state index contributed by atoms with van der Waals surface area (Å²) >= 11 is 0. The third-order valence-corrected chi connectivity index (χ3v) is 4.04. The molecule has 0 aromatic heterocycles. The average Bonchev–Trinajstić information content (AvgIpc) is 2.49. The van der Waals surface area contributed by atoms with Crippen molar-refractivity contribution in [2.45, 2.75) is 9.79 Å². The van der Waals surface area contributed by atoms with Crippen LogP contribution in [0.5, 0.6) is 0 Å². The summed E-state index contributed by atoms with van der Waals surface area (Å²) in [6.45, 7) is 0. The third kappa shape index (κ3) is 2.51. The first-order valence-electron chi connectivity index (χ1n) is 4.67. The van der Waals surface area contributed by atoms with Crippen molar-refractivity contribution >= 4 is 20.2 Å². The monoisotopic (exact) mass is 288 g/mol. The van der Waals surface area contributed by atoms with Gasteiger partial charge in [-0.1, -0.05) is 12.1 Å². The van der Waals surface area contributed by atoms with E-state index < -0.39 is 20.2 Å². The molecule has 8 heteroatoms. The van der Waals surface area contributed by atoms with Gasteiger partial charge in [-0.25, -0.2) is 0 Å². The molecule has 2 N–H and O–H groups in total. The molecule has 0 unspecified atom stereocenters. The molecule has 0 spiro atoms. The first-order chi connectivity index (χ1) is 8.18. The molecule has 2 aliphatic carbocycles. The van der Waals surface area contributed by atoms with Crippen LogP contribution in [0.1, 0.15) is 0 Å². The largest absolute Gasteiger partial charge is 0.294 e. The van der Waals surface area contributed by atoms with Gasteiger partial charge in [0.2, 0.25) is 0 Å². The van der Waals surface area contributed by atoms with Crippen LogP contribution in [0.2, 0.25) is 0 Å². The Morgan fingerprint density at radius 3 is 1.78 bits per heavy atom. The van der Waals surface area contributed by atoms with Crippen LogP contribution in [0.25, 0.3) is 11.1 Å². The van der Waals surface area contributed by atoms with Crippen molar-refractivity contribution in [1.82, 2.24) is 0 Å². The summed E-state index contributed by atoms with van der Waals surface area (Å²) in [7, 11) is -8.72. The van der Waals surface area contributed by atoms with Gasteiger partial charge in [-0.05, 0) is 35.4 Å². The zero-order valence-corrected chi connectivity index (χ0v) is 10.4. The van der Waals surface area contributed by atoms with Gasteiger partial charge in [0, 0.05) is 0 Å². The van der Waals surface area contributed by atoms with E-state index in [1.807, 2.05) is 0 Å². The minimum Gasteiger partial charge on any atom is -0.282 e. The first-order valence-corrected chi connectivity index (χ1v) is 7.55. The lowest BCUT2D eigenvalue weighted by atomic mass is 10.2. The molecule has 0 aromatic carbocycles. The molecule has 0 atom stereocenters. The van der Waals surface area contributed by atoms with Crippen molar-refractivity contribution in [3.63, 3.8) is 0 Å². The fourth-order valence-corrected chi connectivity index (χ4v) is 2.62. The summed E-state index contributed by atoms with van der Waals surface area (Å²) in [6, 6.07) is 7.47. The second kappa shape index (κ2) is 4.02. The molecular weight excluding hydrogens is 280 g/mol. The summed E-state index contributed by atoms with van der Waals surface area (Å²) in [5.74, 6) is 0. The number of hydrogen-bond donors (Lipinski definition) is 2. The predicted octanol–water partition coefficient (Wildman–Crippen LogP) is 1.28. The molecule has 2 rings (SSSR count). The van der Waals surface area contributed by atoms with Crippen molar-refractivity contribution in [3.05, 3.63) is 36.4 Å². The molecule has 18 heavy (non-hydrogen) atoms. The van der Waals surface area contributed by atoms with E-state index in [0.717, 1.165) is 12.1 Å². The minimum absolute atomic E-state index is 0.278. The summed E-state index contributed by atoms with van der Waals surface area (Å²) < 4.78 is 61.7. The van der Waals surface area contributed by atoms with Crippen molar-refractivity contribution in [2.75, 3.05) is 0 Å². The van der Waals surface area contributed by atoms with Crippen molar-refractivity contribution in [2.24, 2.45) is 0 Å². The Morgan fingerprint density at radius 2 is 1.22 bits per heavy atom. The number of fused-ring (bicyclic) bond motifs is 1. The molecule has 0 aromatic rings. The lowest BCUT2D eigenvalue weighted by Crippen LogP contribution is -1.96. The molecule has 0 heterocycles. The van der Waals surface area contributed by atoms with Gasteiger partial charge in [-0.3, -0.25) is 9.11 Å². The molecule has 2 aliphatic rings. The van der Waals surface area contributed by atoms with Crippen LogP contribution in [0, 0.1) is 0 Å². The highest BCUT2D eigenvalue weighted by Gasteiger charge is 2.17. The highest BCUT2D eigenvalue weighted by Crippen LogP contribution is 2.29. The third-order valence-electron chi connectivity index (χ3n) is 2.36. The normalized spacial score (nSPS) is 12.8. The van der Waals surface area contributed by atoms with E-state index in [1.54, 1.807) is 0 Å². The van der Waals surface area contributed by atoms with Gasteiger partial charge in [-0.2, -0.15) is 16.8 Å². The summed E-state index contributed by atoms with van der Waals surface area (Å²) in [5.41, 5.74) is 0.706. The molecule has 0 saturated carbocycles. The Labute approximate surface area is 104 Å². The molecule has 6 nitrogen and oxygen atoms in total. The first kappa shape index (κ1) is 13.0. The van der Waals surface area contributed by atoms with Gasteiger partial charge < -0.3 is 0 Å². The molecule has 0 radical (unpaired) electrons. The summed E-state index contributed by atoms with van der Waals surface area (Å²) in [5, 5.41) is 0. The predicted molar refractivity (Wildman–Crippen MR) is 62.7 cm³/mol. The van der Waals surface area contributed by atoms with E-state index in [1.165, 1.54) is 24.3 Å². The Balaban J connectivity index is 2.75. The standard InChI is InChI=1S/C10H8O6S2/c11-17(12,13)9-3-1-2-7-4-10(18(14,15)16)6-8(7)5-9/h1-6H,(H,11,12,13)(H,14,15,16). The summed E-state index contributed by atoms with van der Waals surface area (Å²) in [4.78, 5) is -0.685. The highest BCUT2D eigenvalue weighted by atomic mass is 32.2.